The lowest BCUT2D eigenvalue weighted by atomic mass is 9.90. The van der Waals surface area contributed by atoms with Gasteiger partial charge in [-0.3, -0.25) is 9.36 Å². The molecule has 7 heteroatoms. The van der Waals surface area contributed by atoms with Crippen molar-refractivity contribution in [2.24, 2.45) is 0 Å². The number of carbonyl (C=O) groups is 1. The Bertz CT molecular complexity index is 1470. The Morgan fingerprint density at radius 1 is 0.838 bits per heavy atom. The fraction of sp³-hybridized carbons (Fsp3) is 0.133. The molecule has 2 aromatic heterocycles. The number of aryl methyl sites for hydroxylation is 2. The molecule has 0 saturated heterocycles. The molecular weight excluding hydrogens is 462 g/mol. The Labute approximate surface area is 215 Å². The first-order chi connectivity index (χ1) is 18.0. The maximum atomic E-state index is 13.4. The van der Waals surface area contributed by atoms with Crippen molar-refractivity contribution in [3.63, 3.8) is 0 Å². The first kappa shape index (κ1) is 23.9. The number of nitrogens with zero attached hydrogens (tertiary/aromatic N) is 4. The van der Waals surface area contributed by atoms with Crippen LogP contribution in [0.25, 0.3) is 5.82 Å². The van der Waals surface area contributed by atoms with E-state index in [0.717, 1.165) is 22.5 Å². The molecule has 1 amide bonds. The highest BCUT2D eigenvalue weighted by Gasteiger charge is 2.22. The summed E-state index contributed by atoms with van der Waals surface area (Å²) in [6, 6.07) is 28.6. The topological polar surface area (TPSA) is 81.9 Å². The molecule has 7 nitrogen and oxygen atoms in total. The molecule has 0 aliphatic rings. The molecule has 0 bridgehead atoms. The van der Waals surface area contributed by atoms with Crippen molar-refractivity contribution >= 4 is 11.6 Å². The lowest BCUT2D eigenvalue weighted by molar-refractivity contribution is -0.116. The zero-order valence-corrected chi connectivity index (χ0v) is 20.9. The molecule has 0 aliphatic carbocycles. The smallest absolute Gasteiger partial charge is 0.236 e. The zero-order chi connectivity index (χ0) is 25.8. The van der Waals surface area contributed by atoms with E-state index in [1.165, 1.54) is 0 Å². The number of hydrogen-bond acceptors (Lipinski definition) is 5. The van der Waals surface area contributed by atoms with Crippen LogP contribution < -0.4 is 10.1 Å². The van der Waals surface area contributed by atoms with Crippen molar-refractivity contribution in [3.05, 3.63) is 126 Å². The highest BCUT2D eigenvalue weighted by molar-refractivity contribution is 5.98. The second-order valence-corrected chi connectivity index (χ2v) is 8.77. The third kappa shape index (κ3) is 5.41. The van der Waals surface area contributed by atoms with Gasteiger partial charge in [-0.15, -0.1) is 0 Å². The highest BCUT2D eigenvalue weighted by Crippen LogP contribution is 2.28. The average Bonchev–Trinajstić information content (AvgIpc) is 3.24. The van der Waals surface area contributed by atoms with E-state index in [0.29, 0.717) is 29.0 Å². The van der Waals surface area contributed by atoms with Crippen molar-refractivity contribution in [1.82, 2.24) is 19.5 Å². The molecule has 0 radical (unpaired) electrons. The van der Waals surface area contributed by atoms with Crippen molar-refractivity contribution < 1.29 is 9.53 Å². The lowest BCUT2D eigenvalue weighted by Crippen LogP contribution is -2.22. The van der Waals surface area contributed by atoms with E-state index in [-0.39, 0.29) is 5.91 Å². The number of anilines is 1. The third-order valence-corrected chi connectivity index (χ3v) is 6.17. The van der Waals surface area contributed by atoms with Crippen LogP contribution in [0, 0.1) is 20.8 Å². The van der Waals surface area contributed by atoms with E-state index >= 15 is 0 Å². The summed E-state index contributed by atoms with van der Waals surface area (Å²) in [7, 11) is 0. The fourth-order valence-corrected chi connectivity index (χ4v) is 4.16. The average molecular weight is 490 g/mol. The van der Waals surface area contributed by atoms with Gasteiger partial charge < -0.3 is 10.1 Å². The number of rotatable bonds is 7. The number of carbonyl (C=O) groups excluding carboxylic acids is 1. The number of hydrogen-bond donors (Lipinski definition) is 1. The van der Waals surface area contributed by atoms with E-state index in [1.54, 1.807) is 24.5 Å². The predicted octanol–water partition coefficient (Wildman–Crippen LogP) is 6.15. The van der Waals surface area contributed by atoms with E-state index in [9.17, 15) is 4.79 Å². The van der Waals surface area contributed by atoms with Crippen molar-refractivity contribution in [2.75, 3.05) is 5.32 Å². The number of amides is 1. The van der Waals surface area contributed by atoms with Crippen LogP contribution in [-0.4, -0.2) is 25.4 Å². The van der Waals surface area contributed by atoms with Crippen molar-refractivity contribution in [3.8, 4) is 17.4 Å². The van der Waals surface area contributed by atoms with Gasteiger partial charge >= 0.3 is 0 Å². The Morgan fingerprint density at radius 3 is 2.03 bits per heavy atom. The molecule has 2 heterocycles. The largest absolute Gasteiger partial charge is 0.439 e. The number of imidazole rings is 1. The van der Waals surface area contributed by atoms with Gasteiger partial charge in [0, 0.05) is 17.4 Å². The van der Waals surface area contributed by atoms with E-state index < -0.39 is 5.92 Å². The Hall–Kier alpha value is -4.78. The van der Waals surface area contributed by atoms with Gasteiger partial charge in [-0.1, -0.05) is 60.7 Å². The Kier molecular flexibility index (Phi) is 6.76. The van der Waals surface area contributed by atoms with Gasteiger partial charge in [0.1, 0.15) is 23.7 Å². The third-order valence-electron chi connectivity index (χ3n) is 6.17. The molecule has 5 rings (SSSR count). The fourth-order valence-electron chi connectivity index (χ4n) is 4.16. The van der Waals surface area contributed by atoms with Crippen LogP contribution in [0.15, 0.2) is 97.3 Å². The summed E-state index contributed by atoms with van der Waals surface area (Å²) in [5.74, 6) is 1.79. The minimum atomic E-state index is -0.420. The minimum Gasteiger partial charge on any atom is -0.439 e. The predicted molar refractivity (Wildman–Crippen MR) is 143 cm³/mol. The van der Waals surface area contributed by atoms with E-state index in [2.05, 4.69) is 20.3 Å². The van der Waals surface area contributed by atoms with Crippen LogP contribution in [0.1, 0.15) is 34.3 Å². The molecule has 0 aliphatic heterocycles. The molecule has 0 atom stereocenters. The molecule has 1 N–H and O–H groups in total. The minimum absolute atomic E-state index is 0.104. The van der Waals surface area contributed by atoms with Crippen LogP contribution in [0.4, 0.5) is 5.69 Å². The number of nitrogens with one attached hydrogen (secondary N) is 1. The monoisotopic (exact) mass is 489 g/mol. The summed E-state index contributed by atoms with van der Waals surface area (Å²) in [5.41, 5.74) is 4.50. The van der Waals surface area contributed by atoms with Crippen LogP contribution >= 0.6 is 0 Å². The second-order valence-electron chi connectivity index (χ2n) is 8.77. The molecule has 3 aromatic carbocycles. The van der Waals surface area contributed by atoms with Crippen LogP contribution in [0.2, 0.25) is 0 Å². The van der Waals surface area contributed by atoms with Gasteiger partial charge in [-0.2, -0.15) is 4.98 Å². The van der Waals surface area contributed by atoms with Gasteiger partial charge in [-0.25, -0.2) is 9.97 Å². The summed E-state index contributed by atoms with van der Waals surface area (Å²) < 4.78 is 7.92. The normalized spacial score (nSPS) is 10.9. The highest BCUT2D eigenvalue weighted by atomic mass is 16.5. The van der Waals surface area contributed by atoms with Crippen molar-refractivity contribution in [2.45, 2.75) is 26.7 Å². The van der Waals surface area contributed by atoms with E-state index in [1.807, 2.05) is 98.1 Å². The summed E-state index contributed by atoms with van der Waals surface area (Å²) in [5, 5.41) is 3.05. The maximum Gasteiger partial charge on any atom is 0.236 e. The summed E-state index contributed by atoms with van der Waals surface area (Å²) >= 11 is 0. The standard InChI is InChI=1S/C30H27N5O2/c1-20-21(2)35(19-31-20)27-18-28(33-22(3)32-27)37-26-16-14-25(15-17-26)34-30(36)29(23-10-6-4-7-11-23)24-12-8-5-9-13-24/h4-19,29H,1-3H3,(H,34,36). The number of benzene rings is 3. The van der Waals surface area contributed by atoms with Gasteiger partial charge in [0.15, 0.2) is 0 Å². The molecular formula is C30H27N5O2. The first-order valence-corrected chi connectivity index (χ1v) is 12.0. The summed E-state index contributed by atoms with van der Waals surface area (Å²) in [6.45, 7) is 5.77. The van der Waals surface area contributed by atoms with Gasteiger partial charge in [0.2, 0.25) is 11.8 Å². The molecule has 184 valence electrons. The summed E-state index contributed by atoms with van der Waals surface area (Å²) in [4.78, 5) is 26.6. The van der Waals surface area contributed by atoms with Crippen LogP contribution in [-0.2, 0) is 4.79 Å². The van der Waals surface area contributed by atoms with Gasteiger partial charge in [-0.05, 0) is 56.2 Å². The quantitative estimate of drug-likeness (QED) is 0.296. The molecule has 0 spiro atoms. The van der Waals surface area contributed by atoms with Crippen molar-refractivity contribution in [1.29, 1.82) is 0 Å². The van der Waals surface area contributed by atoms with Crippen LogP contribution in [0.3, 0.4) is 0 Å². The van der Waals surface area contributed by atoms with Crippen LogP contribution in [0.5, 0.6) is 11.6 Å². The number of ether oxygens (including phenoxy) is 1. The molecule has 0 saturated carbocycles. The SMILES string of the molecule is Cc1nc(Oc2ccc(NC(=O)C(c3ccccc3)c3ccccc3)cc2)cc(-n2cnc(C)c2C)n1. The Balaban J connectivity index is 1.33. The molecule has 37 heavy (non-hydrogen) atoms. The van der Waals surface area contributed by atoms with Gasteiger partial charge in [0.05, 0.1) is 11.6 Å². The zero-order valence-electron chi connectivity index (χ0n) is 20.9. The molecule has 0 fully saturated rings. The summed E-state index contributed by atoms with van der Waals surface area (Å²) in [6.07, 6.45) is 1.74. The second kappa shape index (κ2) is 10.5. The Morgan fingerprint density at radius 2 is 1.46 bits per heavy atom. The maximum absolute atomic E-state index is 13.4. The molecule has 5 aromatic rings. The van der Waals surface area contributed by atoms with E-state index in [4.69, 9.17) is 4.74 Å². The van der Waals surface area contributed by atoms with Gasteiger partial charge in [0.25, 0.3) is 0 Å². The number of aromatic nitrogens is 4. The first-order valence-electron chi connectivity index (χ1n) is 12.0. The lowest BCUT2D eigenvalue weighted by Gasteiger charge is -2.18. The molecule has 0 unspecified atom stereocenters.